The predicted molar refractivity (Wildman–Crippen MR) is 91.9 cm³/mol. The van der Waals surface area contributed by atoms with Gasteiger partial charge in [-0.15, -0.1) is 0 Å². The minimum Gasteiger partial charge on any atom is -0.442 e. The third-order valence-corrected chi connectivity index (χ3v) is 3.43. The molecule has 1 amide bonds. The number of carbonyl (C=O) groups excluding carboxylic acids is 1. The molecule has 1 aromatic rings. The Kier molecular flexibility index (Phi) is 6.85. The summed E-state index contributed by atoms with van der Waals surface area (Å²) in [5, 5.41) is 10.3. The Labute approximate surface area is 145 Å². The molecule has 1 N–H and O–H groups in total. The van der Waals surface area contributed by atoms with E-state index in [0.29, 0.717) is 22.3 Å². The average Bonchev–Trinajstić information content (AvgIpc) is 2.43. The van der Waals surface area contributed by atoms with Crippen LogP contribution < -0.4 is 5.43 Å². The fourth-order valence-electron chi connectivity index (χ4n) is 1.78. The molecule has 6 nitrogen and oxygen atoms in total. The van der Waals surface area contributed by atoms with E-state index in [1.165, 1.54) is 5.01 Å². The molecule has 0 heterocycles. The molecular formula is C16H22BrN3O3. The highest BCUT2D eigenvalue weighted by Crippen LogP contribution is 2.22. The van der Waals surface area contributed by atoms with Crippen molar-refractivity contribution < 1.29 is 14.3 Å². The topological polar surface area (TPSA) is 74.6 Å². The van der Waals surface area contributed by atoms with Gasteiger partial charge in [-0.2, -0.15) is 5.26 Å². The van der Waals surface area contributed by atoms with E-state index >= 15 is 0 Å². The van der Waals surface area contributed by atoms with E-state index < -0.39 is 11.7 Å². The Morgan fingerprint density at radius 2 is 2.13 bits per heavy atom. The van der Waals surface area contributed by atoms with Crippen molar-refractivity contribution in [2.24, 2.45) is 0 Å². The molecule has 23 heavy (non-hydrogen) atoms. The zero-order valence-corrected chi connectivity index (χ0v) is 15.6. The number of halogens is 1. The van der Waals surface area contributed by atoms with Gasteiger partial charge in [-0.05, 0) is 61.8 Å². The Balaban J connectivity index is 2.99. The number of nitrogens with zero attached hydrogens (tertiary/aromatic N) is 2. The summed E-state index contributed by atoms with van der Waals surface area (Å²) in [5.74, 6) is 0. The lowest BCUT2D eigenvalue weighted by atomic mass is 10.2. The first-order chi connectivity index (χ1) is 10.7. The van der Waals surface area contributed by atoms with Crippen molar-refractivity contribution in [1.82, 2.24) is 5.01 Å². The Morgan fingerprint density at radius 3 is 2.61 bits per heavy atom. The maximum absolute atomic E-state index is 12.4. The SMILES string of the molecule is COCC(C)N(Nc1ccc(C#N)c(Br)c1)C(=O)OC(C)(C)C. The van der Waals surface area contributed by atoms with Crippen LogP contribution in [0.25, 0.3) is 0 Å². The molecule has 0 aliphatic carbocycles. The number of amides is 1. The molecular weight excluding hydrogens is 362 g/mol. The zero-order chi connectivity index (χ0) is 17.6. The molecule has 0 aromatic heterocycles. The lowest BCUT2D eigenvalue weighted by molar-refractivity contribution is 0.0151. The summed E-state index contributed by atoms with van der Waals surface area (Å²) in [5.41, 5.74) is 3.59. The fraction of sp³-hybridized carbons (Fsp3) is 0.500. The van der Waals surface area contributed by atoms with E-state index in [0.717, 1.165) is 0 Å². The predicted octanol–water partition coefficient (Wildman–Crippen LogP) is 3.92. The first-order valence-corrected chi connectivity index (χ1v) is 7.94. The van der Waals surface area contributed by atoms with Gasteiger partial charge in [0.1, 0.15) is 11.7 Å². The van der Waals surface area contributed by atoms with E-state index in [4.69, 9.17) is 14.7 Å². The van der Waals surface area contributed by atoms with Gasteiger partial charge in [-0.1, -0.05) is 0 Å². The van der Waals surface area contributed by atoms with Crippen LogP contribution in [0.3, 0.4) is 0 Å². The van der Waals surface area contributed by atoms with E-state index in [1.54, 1.807) is 25.3 Å². The number of nitriles is 1. The van der Waals surface area contributed by atoms with Crippen LogP contribution in [0.4, 0.5) is 10.5 Å². The number of ether oxygens (including phenoxy) is 2. The van der Waals surface area contributed by atoms with Crippen LogP contribution in [0.1, 0.15) is 33.3 Å². The minimum atomic E-state index is -0.602. The van der Waals surface area contributed by atoms with Crippen LogP contribution in [0.2, 0.25) is 0 Å². The van der Waals surface area contributed by atoms with Crippen molar-refractivity contribution in [3.05, 3.63) is 28.2 Å². The highest BCUT2D eigenvalue weighted by molar-refractivity contribution is 9.10. The molecule has 0 aliphatic heterocycles. The lowest BCUT2D eigenvalue weighted by Gasteiger charge is -2.32. The first-order valence-electron chi connectivity index (χ1n) is 7.15. The Morgan fingerprint density at radius 1 is 1.48 bits per heavy atom. The van der Waals surface area contributed by atoms with Gasteiger partial charge in [0, 0.05) is 11.6 Å². The van der Waals surface area contributed by atoms with Gasteiger partial charge in [0.2, 0.25) is 0 Å². The Bertz CT molecular complexity index is 593. The molecule has 126 valence electrons. The molecule has 0 bridgehead atoms. The molecule has 1 rings (SSSR count). The normalized spacial score (nSPS) is 12.2. The van der Waals surface area contributed by atoms with Crippen molar-refractivity contribution in [2.75, 3.05) is 19.1 Å². The van der Waals surface area contributed by atoms with Gasteiger partial charge in [-0.3, -0.25) is 5.43 Å². The summed E-state index contributed by atoms with van der Waals surface area (Å²) in [6.07, 6.45) is -0.498. The van der Waals surface area contributed by atoms with E-state index in [9.17, 15) is 4.79 Å². The molecule has 7 heteroatoms. The molecule has 0 fully saturated rings. The summed E-state index contributed by atoms with van der Waals surface area (Å²) < 4.78 is 11.2. The highest BCUT2D eigenvalue weighted by atomic mass is 79.9. The second-order valence-corrected chi connectivity index (χ2v) is 6.93. The van der Waals surface area contributed by atoms with E-state index in [2.05, 4.69) is 27.4 Å². The third kappa shape index (κ3) is 6.08. The smallest absolute Gasteiger partial charge is 0.429 e. The van der Waals surface area contributed by atoms with Gasteiger partial charge >= 0.3 is 6.09 Å². The Hall–Kier alpha value is -1.78. The number of carbonyl (C=O) groups is 1. The summed E-state index contributed by atoms with van der Waals surface area (Å²) in [6.45, 7) is 7.62. The lowest BCUT2D eigenvalue weighted by Crippen LogP contribution is -2.47. The summed E-state index contributed by atoms with van der Waals surface area (Å²) in [4.78, 5) is 12.4. The monoisotopic (exact) mass is 383 g/mol. The maximum atomic E-state index is 12.4. The van der Waals surface area contributed by atoms with Crippen molar-refractivity contribution in [3.63, 3.8) is 0 Å². The standard InChI is InChI=1S/C16H22BrN3O3/c1-11(10-22-5)20(15(21)23-16(2,3)4)19-13-7-6-12(9-18)14(17)8-13/h6-8,11,19H,10H2,1-5H3. The van der Waals surface area contributed by atoms with Crippen LogP contribution in [-0.2, 0) is 9.47 Å². The fourth-order valence-corrected chi connectivity index (χ4v) is 2.24. The van der Waals surface area contributed by atoms with Crippen molar-refractivity contribution >= 4 is 27.7 Å². The number of hydrogen-bond acceptors (Lipinski definition) is 5. The third-order valence-electron chi connectivity index (χ3n) is 2.78. The van der Waals surface area contributed by atoms with Crippen LogP contribution in [-0.4, -0.2) is 36.5 Å². The number of anilines is 1. The number of hydrazine groups is 1. The number of hydrogen-bond donors (Lipinski definition) is 1. The molecule has 0 saturated carbocycles. The van der Waals surface area contributed by atoms with Crippen LogP contribution in [0, 0.1) is 11.3 Å². The molecule has 0 spiro atoms. The molecule has 1 aromatic carbocycles. The molecule has 1 unspecified atom stereocenters. The van der Waals surface area contributed by atoms with Gasteiger partial charge in [0.25, 0.3) is 0 Å². The zero-order valence-electron chi connectivity index (χ0n) is 14.0. The molecule has 0 radical (unpaired) electrons. The van der Waals surface area contributed by atoms with Crippen molar-refractivity contribution in [3.8, 4) is 6.07 Å². The van der Waals surface area contributed by atoms with Gasteiger partial charge in [0.05, 0.1) is 23.9 Å². The van der Waals surface area contributed by atoms with E-state index in [-0.39, 0.29) is 6.04 Å². The summed E-state index contributed by atoms with van der Waals surface area (Å²) in [7, 11) is 1.57. The minimum absolute atomic E-state index is 0.246. The van der Waals surface area contributed by atoms with Gasteiger partial charge in [-0.25, -0.2) is 9.80 Å². The average molecular weight is 384 g/mol. The number of nitrogens with one attached hydrogen (secondary N) is 1. The van der Waals surface area contributed by atoms with Crippen molar-refractivity contribution in [1.29, 1.82) is 5.26 Å². The number of methoxy groups -OCH3 is 1. The number of rotatable bonds is 5. The molecule has 0 aliphatic rings. The largest absolute Gasteiger partial charge is 0.442 e. The number of benzene rings is 1. The maximum Gasteiger partial charge on any atom is 0.429 e. The summed E-state index contributed by atoms with van der Waals surface area (Å²) >= 11 is 3.33. The van der Waals surface area contributed by atoms with E-state index in [1.807, 2.05) is 27.7 Å². The molecule has 1 atom stereocenters. The van der Waals surface area contributed by atoms with Crippen LogP contribution >= 0.6 is 15.9 Å². The second-order valence-electron chi connectivity index (χ2n) is 6.07. The van der Waals surface area contributed by atoms with Crippen LogP contribution in [0.15, 0.2) is 22.7 Å². The van der Waals surface area contributed by atoms with Gasteiger partial charge in [0.15, 0.2) is 0 Å². The second kappa shape index (κ2) is 8.18. The van der Waals surface area contributed by atoms with Crippen LogP contribution in [0.5, 0.6) is 0 Å². The summed E-state index contributed by atoms with van der Waals surface area (Å²) in [6, 6.07) is 6.95. The molecule has 0 saturated heterocycles. The highest BCUT2D eigenvalue weighted by Gasteiger charge is 2.26. The first kappa shape index (κ1) is 19.3. The van der Waals surface area contributed by atoms with Gasteiger partial charge < -0.3 is 9.47 Å². The van der Waals surface area contributed by atoms with Crippen molar-refractivity contribution in [2.45, 2.75) is 39.3 Å². The quantitative estimate of drug-likeness (QED) is 0.779.